The minimum atomic E-state index is -0.986. The number of anilines is 1. The Labute approximate surface area is 186 Å². The molecule has 4 atom stereocenters. The molecule has 0 amide bonds. The highest BCUT2D eigenvalue weighted by Gasteiger charge is 2.61. The van der Waals surface area contributed by atoms with E-state index in [2.05, 4.69) is 32.3 Å². The number of fused-ring (bicyclic) bond motifs is 3. The second-order valence-corrected chi connectivity index (χ2v) is 9.65. The Morgan fingerprint density at radius 2 is 1.97 bits per heavy atom. The molecule has 6 rings (SSSR count). The first kappa shape index (κ1) is 20.8. The molecule has 2 aromatic heterocycles. The zero-order valence-electron chi connectivity index (χ0n) is 18.8. The van der Waals surface area contributed by atoms with Crippen LogP contribution in [0.3, 0.4) is 0 Å². The molecular formula is C23H28FN7O. The number of aromatic nitrogens is 5. The quantitative estimate of drug-likeness (QED) is 0.672. The van der Waals surface area contributed by atoms with Gasteiger partial charge in [-0.15, -0.1) is 15.3 Å². The molecule has 1 aromatic carbocycles. The number of hydrogen-bond acceptors (Lipinski definition) is 7. The van der Waals surface area contributed by atoms with Gasteiger partial charge in [0.25, 0.3) is 0 Å². The monoisotopic (exact) mass is 437 g/mol. The summed E-state index contributed by atoms with van der Waals surface area (Å²) in [6.45, 7) is 5.06. The van der Waals surface area contributed by atoms with Gasteiger partial charge in [-0.1, -0.05) is 12.1 Å². The van der Waals surface area contributed by atoms with Crippen molar-refractivity contribution in [3.63, 3.8) is 0 Å². The molecule has 2 aliphatic heterocycles. The minimum absolute atomic E-state index is 0.0743. The summed E-state index contributed by atoms with van der Waals surface area (Å²) in [5, 5.41) is 27.0. The van der Waals surface area contributed by atoms with E-state index in [1.807, 2.05) is 44.1 Å². The van der Waals surface area contributed by atoms with Crippen LogP contribution in [0.5, 0.6) is 5.75 Å². The van der Waals surface area contributed by atoms with Crippen LogP contribution in [0.1, 0.15) is 26.7 Å². The molecule has 0 spiro atoms. The van der Waals surface area contributed by atoms with Gasteiger partial charge in [0.15, 0.2) is 5.82 Å². The van der Waals surface area contributed by atoms with Crippen molar-refractivity contribution in [1.82, 2.24) is 30.1 Å². The number of aromatic hydroxyl groups is 1. The lowest BCUT2D eigenvalue weighted by Gasteiger charge is -2.63. The number of alkyl halides is 1. The zero-order chi connectivity index (χ0) is 22.7. The first-order chi connectivity index (χ1) is 15.2. The van der Waals surface area contributed by atoms with Crippen molar-refractivity contribution < 1.29 is 9.50 Å². The van der Waals surface area contributed by atoms with Gasteiger partial charge in [-0.2, -0.15) is 0 Å². The second-order valence-electron chi connectivity index (χ2n) is 9.65. The molecule has 3 aromatic rings. The van der Waals surface area contributed by atoms with Crippen LogP contribution in [0.4, 0.5) is 10.2 Å². The second kappa shape index (κ2) is 7.23. The molecule has 4 heterocycles. The Bertz CT molecular complexity index is 1120. The summed E-state index contributed by atoms with van der Waals surface area (Å²) < 4.78 is 17.3. The number of nitrogens with zero attached hydrogens (tertiary/aromatic N) is 7. The highest BCUT2D eigenvalue weighted by molar-refractivity contribution is 5.69. The summed E-state index contributed by atoms with van der Waals surface area (Å²) in [5.74, 6) is 0.699. The minimum Gasteiger partial charge on any atom is -0.507 e. The summed E-state index contributed by atoms with van der Waals surface area (Å²) in [4.78, 5) is 4.12. The topological polar surface area (TPSA) is 83.2 Å². The van der Waals surface area contributed by atoms with E-state index in [4.69, 9.17) is 0 Å². The Hall–Kier alpha value is -3.07. The van der Waals surface area contributed by atoms with Crippen molar-refractivity contribution in [3.8, 4) is 22.7 Å². The largest absolute Gasteiger partial charge is 0.507 e. The molecule has 0 radical (unpaired) electrons. The van der Waals surface area contributed by atoms with Crippen LogP contribution in [0.15, 0.2) is 42.7 Å². The summed E-state index contributed by atoms with van der Waals surface area (Å²) >= 11 is 0. The van der Waals surface area contributed by atoms with E-state index in [1.165, 1.54) is 0 Å². The van der Waals surface area contributed by atoms with Gasteiger partial charge in [-0.25, -0.2) is 9.07 Å². The number of rotatable bonds is 4. The van der Waals surface area contributed by atoms with Gasteiger partial charge in [0.2, 0.25) is 0 Å². The zero-order valence-corrected chi connectivity index (χ0v) is 18.8. The predicted molar refractivity (Wildman–Crippen MR) is 120 cm³/mol. The fraction of sp³-hybridized carbons (Fsp3) is 0.478. The van der Waals surface area contributed by atoms with Crippen LogP contribution in [-0.2, 0) is 0 Å². The Kier molecular flexibility index (Phi) is 4.70. The van der Waals surface area contributed by atoms with E-state index in [-0.39, 0.29) is 17.2 Å². The Morgan fingerprint density at radius 3 is 2.59 bits per heavy atom. The summed E-state index contributed by atoms with van der Waals surface area (Å²) in [6.07, 6.45) is 4.14. The lowest BCUT2D eigenvalue weighted by Crippen LogP contribution is -2.74. The average Bonchev–Trinajstić information content (AvgIpc) is 3.31. The molecule has 3 aliphatic rings. The van der Waals surface area contributed by atoms with E-state index >= 15 is 4.39 Å². The van der Waals surface area contributed by atoms with Crippen molar-refractivity contribution in [3.05, 3.63) is 42.7 Å². The van der Waals surface area contributed by atoms with Crippen molar-refractivity contribution in [2.24, 2.45) is 5.41 Å². The van der Waals surface area contributed by atoms with Gasteiger partial charge in [-0.3, -0.25) is 4.90 Å². The van der Waals surface area contributed by atoms with Crippen LogP contribution in [0.2, 0.25) is 0 Å². The maximum absolute atomic E-state index is 15.7. The van der Waals surface area contributed by atoms with Gasteiger partial charge >= 0.3 is 0 Å². The van der Waals surface area contributed by atoms with E-state index < -0.39 is 11.7 Å². The third-order valence-electron chi connectivity index (χ3n) is 7.63. The number of phenolic OH excluding ortho intramolecular Hbond substituents is 1. The fourth-order valence-electron chi connectivity index (χ4n) is 5.50. The molecule has 1 N–H and O–H groups in total. The third-order valence-corrected chi connectivity index (χ3v) is 7.63. The molecule has 168 valence electrons. The normalized spacial score (nSPS) is 29.9. The highest BCUT2D eigenvalue weighted by Crippen LogP contribution is 2.52. The standard InChI is InChI=1S/C23H28FN7O/c1-22-9-10-23(2,29(3)14-22)20(24)21(22)30(4)19-8-7-17(26-27-19)16-6-5-15(13-18(16)32)31-12-11-25-28-31/h5-8,11-13,20-21,32H,9-10,14H2,1-4H3/t20?,21?,22?,23-/m1/s1. The van der Waals surface area contributed by atoms with Crippen LogP contribution in [0, 0.1) is 5.41 Å². The number of benzene rings is 1. The molecule has 32 heavy (non-hydrogen) atoms. The van der Waals surface area contributed by atoms with Gasteiger partial charge in [0.05, 0.1) is 35.4 Å². The summed E-state index contributed by atoms with van der Waals surface area (Å²) in [5.41, 5.74) is 1.19. The Morgan fingerprint density at radius 1 is 1.16 bits per heavy atom. The number of hydrogen-bond donors (Lipinski definition) is 1. The van der Waals surface area contributed by atoms with E-state index in [9.17, 15) is 5.11 Å². The highest BCUT2D eigenvalue weighted by atomic mass is 19.1. The number of phenols is 1. The van der Waals surface area contributed by atoms with Crippen molar-refractivity contribution in [2.75, 3.05) is 25.5 Å². The molecule has 3 fully saturated rings. The molecule has 2 saturated heterocycles. The predicted octanol–water partition coefficient (Wildman–Crippen LogP) is 3.08. The van der Waals surface area contributed by atoms with Crippen molar-refractivity contribution in [1.29, 1.82) is 0 Å². The summed E-state index contributed by atoms with van der Waals surface area (Å²) in [6, 6.07) is 8.60. The van der Waals surface area contributed by atoms with Crippen LogP contribution in [-0.4, -0.2) is 73.6 Å². The van der Waals surface area contributed by atoms with Gasteiger partial charge in [-0.05, 0) is 51.1 Å². The molecule has 1 aliphatic carbocycles. The summed E-state index contributed by atoms with van der Waals surface area (Å²) in [7, 11) is 3.93. The van der Waals surface area contributed by atoms with Gasteiger partial charge in [0, 0.05) is 30.6 Å². The molecule has 8 nitrogen and oxygen atoms in total. The lowest BCUT2D eigenvalue weighted by atomic mass is 9.59. The molecule has 2 bridgehead atoms. The SMILES string of the molecule is CN(c1ccc(-c2ccc(-n3ccnn3)cc2O)nn1)C1C(F)[C@@]2(C)CCC1(C)CN2C. The first-order valence-electron chi connectivity index (χ1n) is 10.8. The molecule has 3 unspecified atom stereocenters. The molecule has 1 saturated carbocycles. The third kappa shape index (κ3) is 3.06. The average molecular weight is 438 g/mol. The van der Waals surface area contributed by atoms with E-state index in [1.54, 1.807) is 29.2 Å². The van der Waals surface area contributed by atoms with Crippen molar-refractivity contribution in [2.45, 2.75) is 44.4 Å². The first-order valence-corrected chi connectivity index (χ1v) is 10.8. The number of piperidine rings is 2. The number of halogens is 1. The van der Waals surface area contributed by atoms with Gasteiger partial charge in [0.1, 0.15) is 11.9 Å². The molecule has 9 heteroatoms. The van der Waals surface area contributed by atoms with Crippen LogP contribution in [0.25, 0.3) is 16.9 Å². The van der Waals surface area contributed by atoms with Gasteiger partial charge < -0.3 is 10.0 Å². The lowest BCUT2D eigenvalue weighted by molar-refractivity contribution is -0.123. The fourth-order valence-corrected chi connectivity index (χ4v) is 5.50. The van der Waals surface area contributed by atoms with E-state index in [0.717, 1.165) is 19.4 Å². The maximum atomic E-state index is 15.7. The smallest absolute Gasteiger partial charge is 0.151 e. The van der Waals surface area contributed by atoms with Crippen LogP contribution < -0.4 is 4.90 Å². The van der Waals surface area contributed by atoms with Crippen LogP contribution >= 0.6 is 0 Å². The van der Waals surface area contributed by atoms with E-state index in [0.29, 0.717) is 22.8 Å². The van der Waals surface area contributed by atoms with Crippen molar-refractivity contribution >= 4 is 5.82 Å². The molecular weight excluding hydrogens is 409 g/mol. The Balaban J connectivity index is 1.41. The maximum Gasteiger partial charge on any atom is 0.151 e.